The number of fused-ring (bicyclic) bond motifs is 1. The molecule has 32 heavy (non-hydrogen) atoms. The lowest BCUT2D eigenvalue weighted by Crippen LogP contribution is -2.23. The van der Waals surface area contributed by atoms with Crippen LogP contribution in [0.25, 0.3) is 10.2 Å². The Bertz CT molecular complexity index is 1210. The molecule has 9 nitrogen and oxygen atoms in total. The first-order chi connectivity index (χ1) is 15.4. The lowest BCUT2D eigenvalue weighted by molar-refractivity contribution is -0.143. The molecule has 0 bridgehead atoms. The number of benzene rings is 2. The van der Waals surface area contributed by atoms with Crippen molar-refractivity contribution in [3.05, 3.63) is 40.7 Å². The van der Waals surface area contributed by atoms with E-state index in [-0.39, 0.29) is 18.7 Å². The summed E-state index contributed by atoms with van der Waals surface area (Å²) in [6, 6.07) is 8.35. The first-order valence-corrected chi connectivity index (χ1v) is 10.5. The topological polar surface area (TPSA) is 97.6 Å². The minimum absolute atomic E-state index is 0.116. The zero-order valence-corrected chi connectivity index (χ0v) is 19.3. The van der Waals surface area contributed by atoms with Gasteiger partial charge in [0.15, 0.2) is 16.3 Å². The molecular formula is C22H24N2O7S. The van der Waals surface area contributed by atoms with Crippen molar-refractivity contribution in [1.29, 1.82) is 0 Å². The van der Waals surface area contributed by atoms with Crippen LogP contribution in [0.1, 0.15) is 17.3 Å². The molecule has 0 aliphatic heterocycles. The number of hydrogen-bond acceptors (Lipinski definition) is 8. The highest BCUT2D eigenvalue weighted by Gasteiger charge is 2.18. The minimum Gasteiger partial charge on any atom is -0.497 e. The zero-order valence-electron chi connectivity index (χ0n) is 18.5. The van der Waals surface area contributed by atoms with Gasteiger partial charge in [0.25, 0.3) is 5.91 Å². The van der Waals surface area contributed by atoms with E-state index < -0.39 is 11.9 Å². The average molecular weight is 461 g/mol. The maximum atomic E-state index is 13.0. The van der Waals surface area contributed by atoms with Crippen molar-refractivity contribution in [2.45, 2.75) is 13.5 Å². The molecule has 1 amide bonds. The third kappa shape index (κ3) is 4.70. The van der Waals surface area contributed by atoms with Gasteiger partial charge in [-0.05, 0) is 19.1 Å². The molecule has 3 aromatic rings. The predicted octanol–water partition coefficient (Wildman–Crippen LogP) is 3.04. The second kappa shape index (κ2) is 10.2. The van der Waals surface area contributed by atoms with Gasteiger partial charge in [-0.1, -0.05) is 11.3 Å². The van der Waals surface area contributed by atoms with E-state index in [4.69, 9.17) is 23.7 Å². The number of ether oxygens (including phenoxy) is 5. The van der Waals surface area contributed by atoms with E-state index in [1.807, 2.05) is 0 Å². The van der Waals surface area contributed by atoms with Crippen LogP contribution in [0.5, 0.6) is 23.0 Å². The maximum absolute atomic E-state index is 13.0. The highest BCUT2D eigenvalue weighted by Crippen LogP contribution is 2.33. The Morgan fingerprint density at radius 2 is 1.62 bits per heavy atom. The summed E-state index contributed by atoms with van der Waals surface area (Å²) in [6.45, 7) is 1.86. The molecule has 10 heteroatoms. The summed E-state index contributed by atoms with van der Waals surface area (Å²) in [7, 11) is 6.05. The summed E-state index contributed by atoms with van der Waals surface area (Å²) in [5.41, 5.74) is 0.928. The van der Waals surface area contributed by atoms with E-state index in [0.29, 0.717) is 33.3 Å². The van der Waals surface area contributed by atoms with Crippen LogP contribution in [0.4, 0.5) is 0 Å². The monoisotopic (exact) mass is 460 g/mol. The molecule has 0 N–H and O–H groups in total. The summed E-state index contributed by atoms with van der Waals surface area (Å²) < 4.78 is 28.7. The standard InChI is InChI=1S/C22H24N2O7S/c1-6-31-20(25)12-24-15-10-17(29-4)18(30-5)11-19(15)32-22(24)23-21(26)14-8-7-13(27-2)9-16(14)28-3/h7-11H,6,12H2,1-5H3. The Morgan fingerprint density at radius 3 is 2.25 bits per heavy atom. The van der Waals surface area contributed by atoms with Crippen molar-refractivity contribution in [2.24, 2.45) is 4.99 Å². The highest BCUT2D eigenvalue weighted by molar-refractivity contribution is 7.16. The summed E-state index contributed by atoms with van der Waals surface area (Å²) in [6.07, 6.45) is 0. The van der Waals surface area contributed by atoms with E-state index in [9.17, 15) is 9.59 Å². The van der Waals surface area contributed by atoms with Gasteiger partial charge < -0.3 is 28.3 Å². The third-order valence-electron chi connectivity index (χ3n) is 4.62. The molecule has 0 radical (unpaired) electrons. The third-order valence-corrected chi connectivity index (χ3v) is 5.66. The molecule has 0 unspecified atom stereocenters. The molecule has 0 saturated carbocycles. The van der Waals surface area contributed by atoms with Crippen LogP contribution in [0, 0.1) is 0 Å². The Hall–Kier alpha value is -3.53. The van der Waals surface area contributed by atoms with Gasteiger partial charge >= 0.3 is 5.97 Å². The van der Waals surface area contributed by atoms with Crippen molar-refractivity contribution in [1.82, 2.24) is 4.57 Å². The van der Waals surface area contributed by atoms with Gasteiger partial charge in [0.1, 0.15) is 18.0 Å². The maximum Gasteiger partial charge on any atom is 0.326 e. The second-order valence-electron chi connectivity index (χ2n) is 6.43. The summed E-state index contributed by atoms with van der Waals surface area (Å²) >= 11 is 1.24. The van der Waals surface area contributed by atoms with Gasteiger partial charge in [-0.15, -0.1) is 0 Å². The van der Waals surface area contributed by atoms with Crippen LogP contribution >= 0.6 is 11.3 Å². The Morgan fingerprint density at radius 1 is 0.938 bits per heavy atom. The Balaban J connectivity index is 2.18. The molecule has 3 rings (SSSR count). The fourth-order valence-electron chi connectivity index (χ4n) is 3.09. The number of carbonyl (C=O) groups excluding carboxylic acids is 2. The number of carbonyl (C=O) groups is 2. The number of amides is 1. The van der Waals surface area contributed by atoms with E-state index in [2.05, 4.69) is 4.99 Å². The van der Waals surface area contributed by atoms with E-state index >= 15 is 0 Å². The van der Waals surface area contributed by atoms with Crippen LogP contribution in [0.2, 0.25) is 0 Å². The normalized spacial score (nSPS) is 11.3. The summed E-state index contributed by atoms with van der Waals surface area (Å²) in [4.78, 5) is 29.9. The molecule has 0 spiro atoms. The first kappa shape index (κ1) is 23.1. The van der Waals surface area contributed by atoms with Gasteiger partial charge in [0, 0.05) is 18.2 Å². The first-order valence-electron chi connectivity index (χ1n) is 9.67. The van der Waals surface area contributed by atoms with Crippen molar-refractivity contribution in [2.75, 3.05) is 35.0 Å². The van der Waals surface area contributed by atoms with Gasteiger partial charge in [-0.2, -0.15) is 4.99 Å². The van der Waals surface area contributed by atoms with Crippen LogP contribution < -0.4 is 23.7 Å². The number of methoxy groups -OCH3 is 4. The van der Waals surface area contributed by atoms with Crippen molar-refractivity contribution in [3.8, 4) is 23.0 Å². The zero-order chi connectivity index (χ0) is 23.3. The largest absolute Gasteiger partial charge is 0.497 e. The van der Waals surface area contributed by atoms with Gasteiger partial charge in [0.2, 0.25) is 0 Å². The molecule has 2 aromatic carbocycles. The molecule has 0 atom stereocenters. The average Bonchev–Trinajstić information content (AvgIpc) is 3.12. The van der Waals surface area contributed by atoms with Gasteiger partial charge in [-0.3, -0.25) is 9.59 Å². The van der Waals surface area contributed by atoms with Crippen LogP contribution in [0.3, 0.4) is 0 Å². The minimum atomic E-state index is -0.521. The number of esters is 1. The van der Waals surface area contributed by atoms with Gasteiger partial charge in [-0.25, -0.2) is 0 Å². The number of thiazole rings is 1. The smallest absolute Gasteiger partial charge is 0.326 e. The molecule has 1 heterocycles. The molecule has 0 saturated heterocycles. The lowest BCUT2D eigenvalue weighted by atomic mass is 10.2. The number of hydrogen-bond donors (Lipinski definition) is 0. The predicted molar refractivity (Wildman–Crippen MR) is 119 cm³/mol. The number of nitrogens with zero attached hydrogens (tertiary/aromatic N) is 2. The molecule has 170 valence electrons. The molecule has 0 aliphatic carbocycles. The van der Waals surface area contributed by atoms with Crippen molar-refractivity contribution in [3.63, 3.8) is 0 Å². The van der Waals surface area contributed by atoms with E-state index in [0.717, 1.165) is 4.70 Å². The van der Waals surface area contributed by atoms with Crippen LogP contribution in [-0.2, 0) is 16.1 Å². The van der Waals surface area contributed by atoms with Crippen molar-refractivity contribution < 1.29 is 33.3 Å². The molecule has 0 aliphatic rings. The summed E-state index contributed by atoms with van der Waals surface area (Å²) in [5, 5.41) is 0. The number of rotatable bonds is 8. The molecule has 1 aromatic heterocycles. The number of aromatic nitrogens is 1. The van der Waals surface area contributed by atoms with E-state index in [1.165, 1.54) is 39.8 Å². The fraction of sp³-hybridized carbons (Fsp3) is 0.318. The summed E-state index contributed by atoms with van der Waals surface area (Å²) in [5.74, 6) is 0.936. The quantitative estimate of drug-likeness (QED) is 0.477. The molecule has 0 fully saturated rings. The van der Waals surface area contributed by atoms with Crippen molar-refractivity contribution >= 4 is 33.4 Å². The van der Waals surface area contributed by atoms with Crippen LogP contribution in [-0.4, -0.2) is 51.5 Å². The van der Waals surface area contributed by atoms with Gasteiger partial charge in [0.05, 0.1) is 50.8 Å². The SMILES string of the molecule is CCOC(=O)Cn1c(=NC(=O)c2ccc(OC)cc2OC)sc2cc(OC)c(OC)cc21. The second-order valence-corrected chi connectivity index (χ2v) is 7.44. The fourth-order valence-corrected chi connectivity index (χ4v) is 4.13. The highest BCUT2D eigenvalue weighted by atomic mass is 32.1. The van der Waals surface area contributed by atoms with Crippen LogP contribution in [0.15, 0.2) is 35.3 Å². The Labute approximate surface area is 188 Å². The molecular weight excluding hydrogens is 436 g/mol. The van der Waals surface area contributed by atoms with E-state index in [1.54, 1.807) is 41.8 Å². The Kier molecular flexibility index (Phi) is 7.37. The lowest BCUT2D eigenvalue weighted by Gasteiger charge is -2.09.